The monoisotopic (exact) mass is 392 g/mol. The van der Waals surface area contributed by atoms with Crippen LogP contribution in [0.1, 0.15) is 74.7 Å². The molecule has 0 amide bonds. The maximum absolute atomic E-state index is 12.2. The van der Waals surface area contributed by atoms with Gasteiger partial charge in [-0.25, -0.2) is 9.59 Å². The molecule has 4 nitrogen and oxygen atoms in total. The molecule has 27 heavy (non-hydrogen) atoms. The van der Waals surface area contributed by atoms with Crippen LogP contribution < -0.4 is 0 Å². The minimum atomic E-state index is -2.13. The highest BCUT2D eigenvalue weighted by molar-refractivity contribution is 6.77. The molecule has 1 aliphatic heterocycles. The van der Waals surface area contributed by atoms with E-state index >= 15 is 0 Å². The van der Waals surface area contributed by atoms with Crippen LogP contribution in [-0.4, -0.2) is 25.9 Å². The van der Waals surface area contributed by atoms with Crippen molar-refractivity contribution in [2.45, 2.75) is 96.9 Å². The van der Waals surface area contributed by atoms with Gasteiger partial charge in [0.25, 0.3) is 0 Å². The SMILES string of the molecule is C=C1C[C@](CC)(O[Si](C(C)C)(C(C)C)C(C)C)[C@H](C)CC2=C1C(=O)OC2=O. The van der Waals surface area contributed by atoms with Gasteiger partial charge in [0.2, 0.25) is 8.32 Å². The highest BCUT2D eigenvalue weighted by Crippen LogP contribution is 2.51. The molecule has 0 aromatic carbocycles. The Kier molecular flexibility index (Phi) is 6.27. The zero-order chi connectivity index (χ0) is 20.7. The fourth-order valence-electron chi connectivity index (χ4n) is 5.47. The predicted molar refractivity (Wildman–Crippen MR) is 111 cm³/mol. The van der Waals surface area contributed by atoms with Crippen LogP contribution in [0.4, 0.5) is 0 Å². The maximum Gasteiger partial charge on any atom is 0.346 e. The van der Waals surface area contributed by atoms with Crippen LogP contribution in [0.25, 0.3) is 0 Å². The van der Waals surface area contributed by atoms with Crippen LogP contribution in [0.3, 0.4) is 0 Å². The largest absolute Gasteiger partial charge is 0.410 e. The average molecular weight is 393 g/mol. The summed E-state index contributed by atoms with van der Waals surface area (Å²) < 4.78 is 12.1. The van der Waals surface area contributed by atoms with E-state index in [4.69, 9.17) is 9.16 Å². The number of esters is 2. The van der Waals surface area contributed by atoms with Crippen molar-refractivity contribution in [1.82, 2.24) is 0 Å². The molecule has 152 valence electrons. The highest BCUT2D eigenvalue weighted by Gasteiger charge is 2.53. The molecular weight excluding hydrogens is 356 g/mol. The quantitative estimate of drug-likeness (QED) is 0.331. The first-order valence-electron chi connectivity index (χ1n) is 10.3. The molecule has 0 saturated carbocycles. The van der Waals surface area contributed by atoms with Crippen LogP contribution >= 0.6 is 0 Å². The Balaban J connectivity index is 2.52. The molecule has 1 heterocycles. The fourth-order valence-corrected chi connectivity index (χ4v) is 11.3. The van der Waals surface area contributed by atoms with E-state index < -0.39 is 25.9 Å². The second-order valence-corrected chi connectivity index (χ2v) is 14.6. The molecule has 2 rings (SSSR count). The van der Waals surface area contributed by atoms with Crippen molar-refractivity contribution in [3.05, 3.63) is 23.3 Å². The smallest absolute Gasteiger partial charge is 0.346 e. The van der Waals surface area contributed by atoms with Gasteiger partial charge in [-0.05, 0) is 41.0 Å². The topological polar surface area (TPSA) is 52.6 Å². The molecule has 0 unspecified atom stereocenters. The number of carbonyl (C=O) groups is 2. The Morgan fingerprint density at radius 3 is 2.07 bits per heavy atom. The fraction of sp³-hybridized carbons (Fsp3) is 0.727. The Morgan fingerprint density at radius 2 is 1.63 bits per heavy atom. The first-order chi connectivity index (χ1) is 12.4. The van der Waals surface area contributed by atoms with E-state index in [2.05, 4.69) is 62.0 Å². The predicted octanol–water partition coefficient (Wildman–Crippen LogP) is 5.69. The summed E-state index contributed by atoms with van der Waals surface area (Å²) in [6.07, 6.45) is 1.91. The molecular formula is C22H36O4Si. The Bertz CT molecular complexity index is 652. The summed E-state index contributed by atoms with van der Waals surface area (Å²) in [5.41, 5.74) is 2.57. The van der Waals surface area contributed by atoms with Gasteiger partial charge < -0.3 is 9.16 Å². The second-order valence-electron chi connectivity index (χ2n) is 9.25. The normalized spacial score (nSPS) is 26.9. The van der Waals surface area contributed by atoms with Gasteiger partial charge in [0.1, 0.15) is 0 Å². The van der Waals surface area contributed by atoms with E-state index in [1.54, 1.807) is 0 Å². The third-order valence-electron chi connectivity index (χ3n) is 6.90. The number of hydrogen-bond donors (Lipinski definition) is 0. The van der Waals surface area contributed by atoms with Crippen molar-refractivity contribution in [2.24, 2.45) is 5.92 Å². The van der Waals surface area contributed by atoms with Crippen molar-refractivity contribution in [3.8, 4) is 0 Å². The molecule has 0 fully saturated rings. The lowest BCUT2D eigenvalue weighted by Gasteiger charge is -2.51. The van der Waals surface area contributed by atoms with Gasteiger partial charge in [-0.15, -0.1) is 0 Å². The number of ether oxygens (including phenoxy) is 1. The van der Waals surface area contributed by atoms with Gasteiger partial charge in [-0.1, -0.05) is 62.0 Å². The minimum Gasteiger partial charge on any atom is -0.410 e. The molecule has 2 atom stereocenters. The van der Waals surface area contributed by atoms with Crippen LogP contribution in [0.5, 0.6) is 0 Å². The second kappa shape index (κ2) is 7.67. The lowest BCUT2D eigenvalue weighted by Crippen LogP contribution is -2.56. The van der Waals surface area contributed by atoms with E-state index in [0.29, 0.717) is 46.2 Å². The Morgan fingerprint density at radius 1 is 1.11 bits per heavy atom. The summed E-state index contributed by atoms with van der Waals surface area (Å²) in [5.74, 6) is -0.942. The molecule has 0 radical (unpaired) electrons. The zero-order valence-electron chi connectivity index (χ0n) is 18.3. The van der Waals surface area contributed by atoms with Crippen molar-refractivity contribution < 1.29 is 18.8 Å². The highest BCUT2D eigenvalue weighted by atomic mass is 28.4. The van der Waals surface area contributed by atoms with E-state index in [0.717, 1.165) is 6.42 Å². The van der Waals surface area contributed by atoms with Crippen molar-refractivity contribution in [2.75, 3.05) is 0 Å². The number of rotatable bonds is 6. The standard InChI is InChI=1S/C22H36O4Si/c1-10-22(26-27(13(2)3,14(4)5)15(6)7)12-16(8)19-18(11-17(22)9)20(23)25-21(19)24/h13-15,17H,8,10-12H2,1-7,9H3/t17-,22+/m1/s1. The van der Waals surface area contributed by atoms with Crippen LogP contribution in [0, 0.1) is 5.92 Å². The molecule has 1 aliphatic carbocycles. The number of carbonyl (C=O) groups excluding carboxylic acids is 2. The number of hydrogen-bond acceptors (Lipinski definition) is 4. The summed E-state index contributed by atoms with van der Waals surface area (Å²) in [7, 11) is -2.13. The molecule has 0 aromatic heterocycles. The average Bonchev–Trinajstić information content (AvgIpc) is 2.77. The zero-order valence-corrected chi connectivity index (χ0v) is 19.3. The van der Waals surface area contributed by atoms with Gasteiger partial charge in [0.15, 0.2) is 0 Å². The summed E-state index contributed by atoms with van der Waals surface area (Å²) in [5, 5.41) is 0. The first kappa shape index (κ1) is 22.1. The van der Waals surface area contributed by atoms with Crippen molar-refractivity contribution in [3.63, 3.8) is 0 Å². The van der Waals surface area contributed by atoms with Crippen LogP contribution in [-0.2, 0) is 18.8 Å². The van der Waals surface area contributed by atoms with E-state index in [1.165, 1.54) is 0 Å². The Hall–Kier alpha value is -1.20. The first-order valence-corrected chi connectivity index (χ1v) is 12.4. The van der Waals surface area contributed by atoms with E-state index in [1.807, 2.05) is 0 Å². The van der Waals surface area contributed by atoms with Crippen LogP contribution in [0.2, 0.25) is 16.6 Å². The summed E-state index contributed by atoms with van der Waals surface area (Å²) in [6.45, 7) is 22.2. The molecule has 0 bridgehead atoms. The van der Waals surface area contributed by atoms with E-state index in [-0.39, 0.29) is 5.92 Å². The summed E-state index contributed by atoms with van der Waals surface area (Å²) in [4.78, 5) is 24.4. The molecule has 0 saturated heterocycles. The molecule has 0 aromatic rings. The lowest BCUT2D eigenvalue weighted by atomic mass is 9.80. The Labute approximate surface area is 165 Å². The van der Waals surface area contributed by atoms with Gasteiger partial charge in [-0.3, -0.25) is 0 Å². The lowest BCUT2D eigenvalue weighted by molar-refractivity contribution is -0.151. The van der Waals surface area contributed by atoms with Gasteiger partial charge in [-0.2, -0.15) is 0 Å². The van der Waals surface area contributed by atoms with Crippen molar-refractivity contribution >= 4 is 20.3 Å². The third kappa shape index (κ3) is 3.49. The van der Waals surface area contributed by atoms with E-state index in [9.17, 15) is 9.59 Å². The molecule has 5 heteroatoms. The summed E-state index contributed by atoms with van der Waals surface area (Å²) >= 11 is 0. The van der Waals surface area contributed by atoms with Crippen LogP contribution in [0.15, 0.2) is 23.3 Å². The van der Waals surface area contributed by atoms with Gasteiger partial charge in [0.05, 0.1) is 16.7 Å². The summed E-state index contributed by atoms with van der Waals surface area (Å²) in [6, 6.07) is 0. The number of cyclic esters (lactones) is 2. The molecule has 0 N–H and O–H groups in total. The third-order valence-corrected chi connectivity index (χ3v) is 13.1. The van der Waals surface area contributed by atoms with Crippen molar-refractivity contribution in [1.29, 1.82) is 0 Å². The molecule has 0 spiro atoms. The minimum absolute atomic E-state index is 0.105. The van der Waals surface area contributed by atoms with Gasteiger partial charge in [0, 0.05) is 6.42 Å². The maximum atomic E-state index is 12.2. The van der Waals surface area contributed by atoms with Gasteiger partial charge >= 0.3 is 11.9 Å². The molecule has 2 aliphatic rings.